The number of carboxylic acid groups (broad SMARTS) is 1. The van der Waals surface area contributed by atoms with Crippen molar-refractivity contribution in [1.29, 1.82) is 0 Å². The molecular formula is C26H28N2O5. The van der Waals surface area contributed by atoms with E-state index in [1.807, 2.05) is 24.3 Å². The van der Waals surface area contributed by atoms with Gasteiger partial charge in [0.1, 0.15) is 12.1 Å². The predicted octanol–water partition coefficient (Wildman–Crippen LogP) is 3.96. The Morgan fingerprint density at radius 1 is 0.879 bits per heavy atom. The second kappa shape index (κ2) is 8.21. The summed E-state index contributed by atoms with van der Waals surface area (Å²) in [6.45, 7) is 0.213. The molecule has 0 spiro atoms. The van der Waals surface area contributed by atoms with E-state index in [-0.39, 0.29) is 24.9 Å². The van der Waals surface area contributed by atoms with E-state index < -0.39 is 23.1 Å². The van der Waals surface area contributed by atoms with Gasteiger partial charge in [-0.3, -0.25) is 4.79 Å². The predicted molar refractivity (Wildman–Crippen MR) is 122 cm³/mol. The summed E-state index contributed by atoms with van der Waals surface area (Å²) in [6, 6.07) is 16.3. The fourth-order valence-electron chi connectivity index (χ4n) is 5.34. The number of hydrogen-bond donors (Lipinski definition) is 3. The van der Waals surface area contributed by atoms with Gasteiger partial charge in [-0.2, -0.15) is 0 Å². The molecule has 33 heavy (non-hydrogen) atoms. The van der Waals surface area contributed by atoms with Gasteiger partial charge in [-0.15, -0.1) is 0 Å². The quantitative estimate of drug-likeness (QED) is 0.595. The first-order chi connectivity index (χ1) is 15.9. The third-order valence-electron chi connectivity index (χ3n) is 7.52. The number of amides is 2. The highest BCUT2D eigenvalue weighted by molar-refractivity contribution is 5.88. The van der Waals surface area contributed by atoms with Crippen molar-refractivity contribution in [3.8, 4) is 11.1 Å². The van der Waals surface area contributed by atoms with Crippen molar-refractivity contribution < 1.29 is 24.2 Å². The number of fused-ring (bicyclic) bond motifs is 3. The molecule has 2 saturated carbocycles. The maximum atomic E-state index is 12.7. The average molecular weight is 449 g/mol. The van der Waals surface area contributed by atoms with Crippen LogP contribution in [0.3, 0.4) is 0 Å². The maximum absolute atomic E-state index is 12.7. The van der Waals surface area contributed by atoms with Gasteiger partial charge in [-0.25, -0.2) is 9.59 Å². The molecule has 0 bridgehead atoms. The lowest BCUT2D eigenvalue weighted by atomic mass is 9.73. The van der Waals surface area contributed by atoms with Crippen LogP contribution in [0.2, 0.25) is 0 Å². The fourth-order valence-corrected chi connectivity index (χ4v) is 5.34. The summed E-state index contributed by atoms with van der Waals surface area (Å²) in [5, 5.41) is 15.1. The molecule has 0 aliphatic heterocycles. The van der Waals surface area contributed by atoms with Gasteiger partial charge in [-0.1, -0.05) is 48.5 Å². The Labute approximate surface area is 192 Å². The Morgan fingerprint density at radius 2 is 1.45 bits per heavy atom. The zero-order valence-corrected chi connectivity index (χ0v) is 18.4. The van der Waals surface area contributed by atoms with Gasteiger partial charge in [0.15, 0.2) is 0 Å². The van der Waals surface area contributed by atoms with Crippen LogP contribution in [0.25, 0.3) is 11.1 Å². The van der Waals surface area contributed by atoms with E-state index >= 15 is 0 Å². The number of carboxylic acids is 1. The highest BCUT2D eigenvalue weighted by atomic mass is 16.5. The number of ether oxygens (including phenoxy) is 1. The second-order valence-electron chi connectivity index (χ2n) is 9.55. The Bertz CT molecular complexity index is 1060. The number of rotatable bonds is 7. The highest BCUT2D eigenvalue weighted by Gasteiger charge is 2.48. The Kier molecular flexibility index (Phi) is 5.35. The third kappa shape index (κ3) is 3.86. The van der Waals surface area contributed by atoms with Crippen LogP contribution in [0.15, 0.2) is 48.5 Å². The van der Waals surface area contributed by atoms with Crippen LogP contribution in [0.4, 0.5) is 4.79 Å². The van der Waals surface area contributed by atoms with Crippen LogP contribution >= 0.6 is 0 Å². The van der Waals surface area contributed by atoms with Crippen molar-refractivity contribution >= 4 is 18.0 Å². The number of nitrogens with one attached hydrogen (secondary N) is 2. The number of carbonyl (C=O) groups excluding carboxylic acids is 2. The smallest absolute Gasteiger partial charge is 0.407 e. The van der Waals surface area contributed by atoms with E-state index in [2.05, 4.69) is 34.9 Å². The van der Waals surface area contributed by atoms with Crippen LogP contribution in [0.1, 0.15) is 62.0 Å². The summed E-state index contributed by atoms with van der Waals surface area (Å²) in [5.41, 5.74) is 2.80. The lowest BCUT2D eigenvalue weighted by Gasteiger charge is -2.43. The molecule has 0 aromatic heterocycles. The maximum Gasteiger partial charge on any atom is 0.407 e. The minimum atomic E-state index is -1.15. The van der Waals surface area contributed by atoms with Crippen LogP contribution in [0, 0.1) is 0 Å². The molecule has 7 heteroatoms. The Hall–Kier alpha value is -3.35. The molecular weight excluding hydrogens is 420 g/mol. The molecule has 5 rings (SSSR count). The molecule has 2 amide bonds. The summed E-state index contributed by atoms with van der Waals surface area (Å²) >= 11 is 0. The van der Waals surface area contributed by atoms with E-state index in [9.17, 15) is 19.5 Å². The molecule has 2 fully saturated rings. The zero-order valence-electron chi connectivity index (χ0n) is 18.4. The largest absolute Gasteiger partial charge is 0.480 e. The van der Waals surface area contributed by atoms with Crippen molar-refractivity contribution in [1.82, 2.24) is 10.6 Å². The number of alkyl carbamates (subject to hydrolysis) is 1. The molecule has 7 nitrogen and oxygen atoms in total. The van der Waals surface area contributed by atoms with Crippen LogP contribution in [-0.2, 0) is 14.3 Å². The van der Waals surface area contributed by atoms with Gasteiger partial charge in [-0.05, 0) is 60.8 Å². The van der Waals surface area contributed by atoms with Crippen LogP contribution < -0.4 is 10.6 Å². The molecule has 0 heterocycles. The molecule has 172 valence electrons. The molecule has 0 atom stereocenters. The molecule has 3 N–H and O–H groups in total. The van der Waals surface area contributed by atoms with E-state index in [1.165, 1.54) is 0 Å². The van der Waals surface area contributed by atoms with Gasteiger partial charge < -0.3 is 20.5 Å². The molecule has 3 aliphatic carbocycles. The fraction of sp³-hybridized carbons (Fsp3) is 0.423. The summed E-state index contributed by atoms with van der Waals surface area (Å²) in [5.74, 6) is -1.36. The summed E-state index contributed by atoms with van der Waals surface area (Å²) in [7, 11) is 0. The van der Waals surface area contributed by atoms with Crippen molar-refractivity contribution in [2.75, 3.05) is 6.61 Å². The van der Waals surface area contributed by atoms with Crippen molar-refractivity contribution in [3.63, 3.8) is 0 Å². The molecule has 0 radical (unpaired) electrons. The average Bonchev–Trinajstić information content (AvgIpc) is 3.07. The molecule has 3 aliphatic rings. The van der Waals surface area contributed by atoms with Gasteiger partial charge in [0.25, 0.3) is 0 Å². The van der Waals surface area contributed by atoms with E-state index in [0.717, 1.165) is 35.1 Å². The first-order valence-corrected chi connectivity index (χ1v) is 11.6. The minimum Gasteiger partial charge on any atom is -0.480 e. The topological polar surface area (TPSA) is 105 Å². The number of aliphatic carboxylic acids is 1. The Morgan fingerprint density at radius 3 is 1.94 bits per heavy atom. The van der Waals surface area contributed by atoms with Crippen molar-refractivity contribution in [2.45, 2.75) is 61.9 Å². The lowest BCUT2D eigenvalue weighted by molar-refractivity contribution is -0.152. The number of benzene rings is 2. The van der Waals surface area contributed by atoms with Gasteiger partial charge >= 0.3 is 12.1 Å². The normalized spacial score (nSPS) is 19.3. The number of carbonyl (C=O) groups is 3. The molecule has 0 unspecified atom stereocenters. The first kappa shape index (κ1) is 21.5. The monoisotopic (exact) mass is 448 g/mol. The van der Waals surface area contributed by atoms with Crippen LogP contribution in [0.5, 0.6) is 0 Å². The van der Waals surface area contributed by atoms with Gasteiger partial charge in [0, 0.05) is 12.3 Å². The van der Waals surface area contributed by atoms with Gasteiger partial charge in [0.05, 0.1) is 5.54 Å². The zero-order chi connectivity index (χ0) is 23.1. The number of hydrogen-bond acceptors (Lipinski definition) is 4. The second-order valence-corrected chi connectivity index (χ2v) is 9.55. The van der Waals surface area contributed by atoms with Gasteiger partial charge in [0.2, 0.25) is 5.91 Å². The molecule has 0 saturated heterocycles. The first-order valence-electron chi connectivity index (χ1n) is 11.6. The van der Waals surface area contributed by atoms with E-state index in [1.54, 1.807) is 0 Å². The molecule has 2 aromatic rings. The summed E-state index contributed by atoms with van der Waals surface area (Å²) < 4.78 is 5.65. The summed E-state index contributed by atoms with van der Waals surface area (Å²) in [6.07, 6.45) is 3.45. The standard InChI is InChI=1S/C26H28N2O5/c29-22(27-26(23(30)31)13-6-14-26)15-25(11-5-12-25)28-24(32)33-16-21-19-9-3-1-7-17(19)18-8-2-4-10-20(18)21/h1-4,7-10,21H,5-6,11-16H2,(H,27,29)(H,28,32)(H,30,31). The Balaban J connectivity index is 1.21. The van der Waals surface area contributed by atoms with Crippen molar-refractivity contribution in [2.24, 2.45) is 0 Å². The summed E-state index contributed by atoms with van der Waals surface area (Å²) in [4.78, 5) is 36.9. The van der Waals surface area contributed by atoms with Crippen molar-refractivity contribution in [3.05, 3.63) is 59.7 Å². The SMILES string of the molecule is O=C(CC1(NC(=O)OCC2c3ccccc3-c3ccccc32)CCC1)NC1(C(=O)O)CCC1. The van der Waals surface area contributed by atoms with Crippen LogP contribution in [-0.4, -0.2) is 40.8 Å². The lowest BCUT2D eigenvalue weighted by Crippen LogP contribution is -2.62. The highest BCUT2D eigenvalue weighted by Crippen LogP contribution is 2.44. The minimum absolute atomic E-state index is 0.0298. The van der Waals surface area contributed by atoms with E-state index in [0.29, 0.717) is 25.7 Å². The van der Waals surface area contributed by atoms with E-state index in [4.69, 9.17) is 4.74 Å². The molecule has 2 aromatic carbocycles. The third-order valence-corrected chi connectivity index (χ3v) is 7.52.